The van der Waals surface area contributed by atoms with Gasteiger partial charge < -0.3 is 50.9 Å². The van der Waals surface area contributed by atoms with Gasteiger partial charge in [0.2, 0.25) is 16.9 Å². The van der Waals surface area contributed by atoms with Gasteiger partial charge in [0.15, 0.2) is 17.7 Å². The highest BCUT2D eigenvalue weighted by molar-refractivity contribution is 8.14. The Morgan fingerprint density at radius 2 is 1.72 bits per heavy atom. The van der Waals surface area contributed by atoms with Crippen LogP contribution >= 0.6 is 35.2 Å². The maximum absolute atomic E-state index is 12.7. The molecule has 10 N–H and O–H groups in total. The number of benzene rings is 1. The number of nitrogens with zero attached hydrogens (tertiary/aromatic N) is 5. The quantitative estimate of drug-likeness (QED) is 0.0431. The topological polar surface area (TPSA) is 377 Å². The molecular weight excluding hydrogens is 881 g/mol. The lowest BCUT2D eigenvalue weighted by Crippen LogP contribution is -2.46. The number of phosphoric acid groups is 3. The van der Waals surface area contributed by atoms with Crippen LogP contribution in [-0.2, 0) is 45.9 Å². The number of rotatable bonds is 20. The fourth-order valence-corrected chi connectivity index (χ4v) is 9.01. The molecule has 0 saturated carbocycles. The molecule has 1 saturated heterocycles. The van der Waals surface area contributed by atoms with Gasteiger partial charge in [-0.25, -0.2) is 33.6 Å². The minimum Gasteiger partial charge on any atom is -0.386 e. The number of pyridine rings is 1. The number of carbonyl (C=O) groups is 3. The predicted octanol–water partition coefficient (Wildman–Crippen LogP) is 0.527. The van der Waals surface area contributed by atoms with Gasteiger partial charge in [-0.1, -0.05) is 49.9 Å². The summed E-state index contributed by atoms with van der Waals surface area (Å²) in [6.45, 7) is 0.374. The van der Waals surface area contributed by atoms with Crippen molar-refractivity contribution in [3.8, 4) is 0 Å². The molecule has 0 aliphatic carbocycles. The summed E-state index contributed by atoms with van der Waals surface area (Å²) in [6.07, 6.45) is -6.99. The molecule has 7 unspecified atom stereocenters. The zero-order chi connectivity index (χ0) is 44.0. The zero-order valence-electron chi connectivity index (χ0n) is 31.5. The maximum atomic E-state index is 12.7. The van der Waals surface area contributed by atoms with Crippen LogP contribution in [0, 0.1) is 5.41 Å². The van der Waals surface area contributed by atoms with E-state index < -0.39 is 84.6 Å². The number of fused-ring (bicyclic) bond motifs is 2. The second-order valence-corrected chi connectivity index (χ2v) is 18.9. The minimum atomic E-state index is -5.58. The van der Waals surface area contributed by atoms with Crippen molar-refractivity contribution in [1.82, 2.24) is 35.1 Å². The molecule has 29 heteroatoms. The number of nitrogens with two attached hydrogens (primary N) is 1. The van der Waals surface area contributed by atoms with Crippen LogP contribution in [0.3, 0.4) is 0 Å². The van der Waals surface area contributed by atoms with Crippen LogP contribution in [0.2, 0.25) is 0 Å². The molecule has 60 heavy (non-hydrogen) atoms. The molecule has 4 heterocycles. The minimum absolute atomic E-state index is 0.0270. The van der Waals surface area contributed by atoms with Gasteiger partial charge in [0.1, 0.15) is 42.0 Å². The Morgan fingerprint density at radius 3 is 2.45 bits per heavy atom. The Morgan fingerprint density at radius 1 is 1.00 bits per heavy atom. The van der Waals surface area contributed by atoms with Crippen molar-refractivity contribution < 1.29 is 80.5 Å². The second kappa shape index (κ2) is 19.5. The number of amides is 2. The number of aromatic nitrogens is 5. The number of nitrogen functional groups attached to an aromatic ring is 1. The van der Waals surface area contributed by atoms with E-state index >= 15 is 0 Å². The van der Waals surface area contributed by atoms with E-state index in [2.05, 4.69) is 39.4 Å². The van der Waals surface area contributed by atoms with E-state index in [0.29, 0.717) is 5.52 Å². The van der Waals surface area contributed by atoms with Crippen molar-refractivity contribution in [1.29, 1.82) is 0 Å². The third-order valence-corrected chi connectivity index (χ3v) is 12.5. The average Bonchev–Trinajstić information content (AvgIpc) is 3.74. The summed E-state index contributed by atoms with van der Waals surface area (Å²) >= 11 is 0.969. The van der Waals surface area contributed by atoms with Crippen molar-refractivity contribution in [2.24, 2.45) is 5.41 Å². The number of phosphoric ester groups is 3. The normalized spacial score (nSPS) is 21.0. The van der Waals surface area contributed by atoms with E-state index in [1.54, 1.807) is 18.2 Å². The number of hydrogen-bond acceptors (Lipinski definition) is 19. The Kier molecular flexibility index (Phi) is 15.3. The average molecular weight is 923 g/mol. The van der Waals surface area contributed by atoms with E-state index in [4.69, 9.17) is 19.5 Å². The van der Waals surface area contributed by atoms with Crippen LogP contribution in [0.5, 0.6) is 0 Å². The van der Waals surface area contributed by atoms with Crippen LogP contribution in [0.4, 0.5) is 5.82 Å². The molecule has 5 rings (SSSR count). The predicted molar refractivity (Wildman–Crippen MR) is 208 cm³/mol. The van der Waals surface area contributed by atoms with Gasteiger partial charge in [-0.3, -0.25) is 32.5 Å². The first-order chi connectivity index (χ1) is 28.1. The summed E-state index contributed by atoms with van der Waals surface area (Å²) < 4.78 is 62.2. The first kappa shape index (κ1) is 47.2. The third-order valence-electron chi connectivity index (χ3n) is 8.54. The zero-order valence-corrected chi connectivity index (χ0v) is 35.0. The number of carbonyl (C=O) groups excluding carboxylic acids is 3. The highest BCUT2D eigenvalue weighted by Gasteiger charge is 2.50. The summed E-state index contributed by atoms with van der Waals surface area (Å²) in [6, 6.07) is 10.7. The third kappa shape index (κ3) is 12.6. The van der Waals surface area contributed by atoms with Crippen molar-refractivity contribution in [3.05, 3.63) is 54.7 Å². The van der Waals surface area contributed by atoms with E-state index in [1.165, 1.54) is 13.8 Å². The van der Waals surface area contributed by atoms with Crippen molar-refractivity contribution in [2.75, 3.05) is 37.8 Å². The molecule has 7 atom stereocenters. The lowest BCUT2D eigenvalue weighted by atomic mass is 9.87. The van der Waals surface area contributed by atoms with Crippen LogP contribution in [0.1, 0.15) is 37.0 Å². The Labute approximate surface area is 343 Å². The highest BCUT2D eigenvalue weighted by atomic mass is 32.2. The second-order valence-electron chi connectivity index (χ2n) is 13.6. The standard InChI is InChI=1S/C31H41N8O17P3S/c1-31(2,25(42)28(43)34-10-9-21(40)33-11-12-60-30(44)19-8-7-17-5-3-4-6-18(17)38-19)14-53-59(50,51)56-58(48,49)52-13-20-24(55-57(45,46)47)23(41)29(54-20)39-16-37-22-26(32)35-15-36-27(22)39/h3-8,15-16,20,23-25,29,41-42H,9-14H2,1-2H3,(H,33,40)(H,34,43)(H,48,49)(H,50,51)(H2,32,35,36)(H2,45,46,47). The largest absolute Gasteiger partial charge is 0.481 e. The Bertz CT molecular complexity index is 2350. The summed E-state index contributed by atoms with van der Waals surface area (Å²) in [5.41, 5.74) is 5.19. The highest BCUT2D eigenvalue weighted by Crippen LogP contribution is 2.61. The fraction of sp³-hybridized carbons (Fsp3) is 0.452. The van der Waals surface area contributed by atoms with Crippen LogP contribution in [0.25, 0.3) is 22.1 Å². The first-order valence-electron chi connectivity index (χ1n) is 17.5. The molecule has 328 valence electrons. The van der Waals surface area contributed by atoms with Gasteiger partial charge in [-0.15, -0.1) is 0 Å². The summed E-state index contributed by atoms with van der Waals surface area (Å²) in [5.74, 6) is -1.25. The molecule has 1 fully saturated rings. The first-order valence-corrected chi connectivity index (χ1v) is 23.0. The number of aliphatic hydroxyl groups excluding tert-OH is 2. The number of anilines is 1. The molecule has 4 aromatic rings. The van der Waals surface area contributed by atoms with Gasteiger partial charge in [0, 0.05) is 36.1 Å². The summed E-state index contributed by atoms with van der Waals surface area (Å²) in [7, 11) is -16.4. The van der Waals surface area contributed by atoms with Crippen LogP contribution in [-0.4, -0.2) is 128 Å². The van der Waals surface area contributed by atoms with Gasteiger partial charge in [-0.2, -0.15) is 4.31 Å². The molecule has 25 nitrogen and oxygen atoms in total. The molecular formula is C31H41N8O17P3S. The number of aliphatic hydroxyl groups is 2. The number of hydrogen-bond donors (Lipinski definition) is 9. The SMILES string of the molecule is CC(C)(COP(=O)(O)OP(=O)(O)OCC1OC(n2cnc3c(N)ncnc32)C(O)C1OP(=O)(O)O)C(O)C(=O)NCCC(=O)NCCSC(=O)c1ccc2ccccc2n1. The monoisotopic (exact) mass is 922 g/mol. The van der Waals surface area contributed by atoms with Gasteiger partial charge >= 0.3 is 23.5 Å². The van der Waals surface area contributed by atoms with E-state index in [-0.39, 0.29) is 53.1 Å². The van der Waals surface area contributed by atoms with E-state index in [0.717, 1.165) is 34.4 Å². The van der Waals surface area contributed by atoms with Crippen LogP contribution < -0.4 is 16.4 Å². The number of imidazole rings is 1. The molecule has 1 aromatic carbocycles. The van der Waals surface area contributed by atoms with Gasteiger partial charge in [-0.05, 0) is 12.1 Å². The molecule has 1 aliphatic heterocycles. The number of thioether (sulfide) groups is 1. The van der Waals surface area contributed by atoms with Crippen molar-refractivity contribution in [3.63, 3.8) is 0 Å². The molecule has 1 aliphatic rings. The summed E-state index contributed by atoms with van der Waals surface area (Å²) in [5, 5.41) is 27.1. The molecule has 0 bridgehead atoms. The number of nitrogens with one attached hydrogen (secondary N) is 2. The molecule has 3 aromatic heterocycles. The molecule has 2 amide bonds. The molecule has 0 spiro atoms. The number of para-hydroxylation sites is 1. The lowest BCUT2D eigenvalue weighted by molar-refractivity contribution is -0.137. The van der Waals surface area contributed by atoms with E-state index in [1.807, 2.05) is 18.2 Å². The van der Waals surface area contributed by atoms with Crippen molar-refractivity contribution in [2.45, 2.75) is 50.9 Å². The molecule has 0 radical (unpaired) electrons. The Balaban J connectivity index is 1.04. The fourth-order valence-electron chi connectivity index (χ4n) is 5.53. The number of ether oxygens (including phenoxy) is 1. The maximum Gasteiger partial charge on any atom is 0.481 e. The lowest BCUT2D eigenvalue weighted by Gasteiger charge is -2.30. The van der Waals surface area contributed by atoms with Crippen molar-refractivity contribution >= 4 is 80.0 Å². The van der Waals surface area contributed by atoms with E-state index in [9.17, 15) is 57.9 Å². The summed E-state index contributed by atoms with van der Waals surface area (Å²) in [4.78, 5) is 92.8. The smallest absolute Gasteiger partial charge is 0.386 e. The van der Waals surface area contributed by atoms with Gasteiger partial charge in [0.25, 0.3) is 0 Å². The van der Waals surface area contributed by atoms with Crippen LogP contribution in [0.15, 0.2) is 49.1 Å². The van der Waals surface area contributed by atoms with Gasteiger partial charge in [0.05, 0.1) is 25.1 Å². The Hall–Kier alpha value is -3.81.